The monoisotopic (exact) mass is 566 g/mol. The zero-order chi connectivity index (χ0) is 28.3. The number of ketones is 1. The quantitative estimate of drug-likeness (QED) is 0.270. The van der Waals surface area contributed by atoms with E-state index in [1.807, 2.05) is 0 Å². The fraction of sp³-hybridized carbons (Fsp3) is 0.444. The van der Waals surface area contributed by atoms with Gasteiger partial charge in [0.25, 0.3) is 12.6 Å². The number of carbonyl (C=O) groups is 4. The van der Waals surface area contributed by atoms with E-state index in [0.29, 0.717) is 29.0 Å². The summed E-state index contributed by atoms with van der Waals surface area (Å²) < 4.78 is 11.9. The molecule has 1 saturated carbocycles. The second-order valence-corrected chi connectivity index (χ2v) is 9.05. The average molecular weight is 567 g/mol. The highest BCUT2D eigenvalue weighted by molar-refractivity contribution is 6.31. The van der Waals surface area contributed by atoms with Gasteiger partial charge in [-0.3, -0.25) is 19.3 Å². The smallest absolute Gasteiger partial charge is 0.415 e. The van der Waals surface area contributed by atoms with E-state index in [-0.39, 0.29) is 31.6 Å². The molecule has 0 aliphatic heterocycles. The minimum Gasteiger partial charge on any atom is -0.465 e. The molecule has 9 nitrogen and oxygen atoms in total. The van der Waals surface area contributed by atoms with Crippen molar-refractivity contribution < 1.29 is 33.2 Å². The maximum Gasteiger partial charge on any atom is 0.415 e. The van der Waals surface area contributed by atoms with Gasteiger partial charge in [0.15, 0.2) is 18.2 Å². The zero-order valence-electron chi connectivity index (χ0n) is 22.1. The van der Waals surface area contributed by atoms with Crippen LogP contribution in [0.3, 0.4) is 0 Å². The summed E-state index contributed by atoms with van der Waals surface area (Å²) in [6, 6.07) is 10.3. The van der Waals surface area contributed by atoms with Gasteiger partial charge in [-0.1, -0.05) is 29.8 Å². The lowest BCUT2D eigenvalue weighted by Gasteiger charge is -2.43. The molecule has 0 bridgehead atoms. The Bertz CT molecular complexity index is 1150. The third-order valence-corrected chi connectivity index (χ3v) is 6.61. The Labute approximate surface area is 233 Å². The molecule has 1 heterocycles. The molecule has 1 aromatic heterocycles. The van der Waals surface area contributed by atoms with Gasteiger partial charge in [0.05, 0.1) is 6.61 Å². The first-order valence-corrected chi connectivity index (χ1v) is 13.3. The SMILES string of the molecule is CCOC(=O)CN(C)C(=O)c1ccc[n+](COC(=O)N(C)C2(c3ccccc3Cl)CCCCC2=O)c1.CCl. The van der Waals surface area contributed by atoms with Crippen LogP contribution in [0, 0.1) is 0 Å². The van der Waals surface area contributed by atoms with E-state index >= 15 is 0 Å². The number of likely N-dealkylation sites (N-methyl/N-ethyl adjacent to an activating group) is 2. The highest BCUT2D eigenvalue weighted by atomic mass is 35.5. The average Bonchev–Trinajstić information content (AvgIpc) is 2.93. The van der Waals surface area contributed by atoms with Crippen molar-refractivity contribution in [2.24, 2.45) is 0 Å². The molecule has 1 atom stereocenters. The molecule has 0 saturated heterocycles. The third kappa shape index (κ3) is 7.23. The number of benzene rings is 1. The molecule has 0 N–H and O–H groups in total. The van der Waals surface area contributed by atoms with E-state index in [1.54, 1.807) is 56.6 Å². The lowest BCUT2D eigenvalue weighted by atomic mass is 9.74. The molecule has 2 aromatic rings. The molecule has 206 valence electrons. The highest BCUT2D eigenvalue weighted by Crippen LogP contribution is 2.42. The van der Waals surface area contributed by atoms with Gasteiger partial charge < -0.3 is 14.4 Å². The van der Waals surface area contributed by atoms with Gasteiger partial charge in [-0.2, -0.15) is 4.57 Å². The standard InChI is InChI=1S/C26H31ClN3O6.CH3Cl/c1-4-35-23(32)17-28(2)24(33)19-10-9-15-30(16-19)18-36-25(34)29(3)26(14-8-7-13-22(26)31)20-11-5-6-12-21(20)27;1-2/h5-6,9-12,15-16H,4,7-8,13-14,17-18H2,1-3H3;1H3/q+1;. The van der Waals surface area contributed by atoms with E-state index in [9.17, 15) is 19.2 Å². The Kier molecular flexibility index (Phi) is 12.0. The van der Waals surface area contributed by atoms with Crippen molar-refractivity contribution >= 4 is 47.0 Å². The lowest BCUT2D eigenvalue weighted by Crippen LogP contribution is -2.55. The Morgan fingerprint density at radius 3 is 2.42 bits per heavy atom. The predicted octanol–water partition coefficient (Wildman–Crippen LogP) is 4.18. The molecular weight excluding hydrogens is 533 g/mol. The van der Waals surface area contributed by atoms with Crippen LogP contribution in [0.15, 0.2) is 48.8 Å². The molecule has 1 fully saturated rings. The van der Waals surface area contributed by atoms with Crippen LogP contribution in [0.5, 0.6) is 0 Å². The van der Waals surface area contributed by atoms with Crippen LogP contribution in [0.4, 0.5) is 4.79 Å². The molecule has 3 rings (SSSR count). The summed E-state index contributed by atoms with van der Waals surface area (Å²) >= 11 is 11.1. The molecule has 0 spiro atoms. The number of ether oxygens (including phenoxy) is 2. The molecule has 1 aliphatic rings. The maximum absolute atomic E-state index is 13.2. The summed E-state index contributed by atoms with van der Waals surface area (Å²) in [5.74, 6) is -0.962. The van der Waals surface area contributed by atoms with Gasteiger partial charge in [-0.25, -0.2) is 4.79 Å². The van der Waals surface area contributed by atoms with Crippen LogP contribution in [-0.4, -0.2) is 67.2 Å². The van der Waals surface area contributed by atoms with Crippen LogP contribution in [0.2, 0.25) is 5.02 Å². The second kappa shape index (κ2) is 14.7. The number of esters is 1. The number of hydrogen-bond donors (Lipinski definition) is 0. The van der Waals surface area contributed by atoms with Crippen LogP contribution < -0.4 is 4.57 Å². The van der Waals surface area contributed by atoms with Crippen LogP contribution in [0.1, 0.15) is 48.5 Å². The fourth-order valence-electron chi connectivity index (χ4n) is 4.43. The first kappa shape index (κ1) is 31.1. The number of nitrogens with zero attached hydrogens (tertiary/aromatic N) is 3. The molecule has 11 heteroatoms. The molecule has 1 aromatic carbocycles. The Morgan fingerprint density at radius 1 is 1.05 bits per heavy atom. The number of carbonyl (C=O) groups excluding carboxylic acids is 4. The van der Waals surface area contributed by atoms with E-state index in [0.717, 1.165) is 12.8 Å². The highest BCUT2D eigenvalue weighted by Gasteiger charge is 2.48. The number of aromatic nitrogens is 1. The molecule has 38 heavy (non-hydrogen) atoms. The summed E-state index contributed by atoms with van der Waals surface area (Å²) in [6.45, 7) is 1.56. The number of halogens is 2. The summed E-state index contributed by atoms with van der Waals surface area (Å²) in [5.41, 5.74) is -0.309. The van der Waals surface area contributed by atoms with E-state index in [2.05, 4.69) is 11.6 Å². The Balaban J connectivity index is 0.00000247. The Morgan fingerprint density at radius 2 is 1.76 bits per heavy atom. The van der Waals surface area contributed by atoms with Crippen molar-refractivity contribution in [1.29, 1.82) is 0 Å². The molecule has 1 aliphatic carbocycles. The molecule has 2 amide bonds. The van der Waals surface area contributed by atoms with Crippen molar-refractivity contribution in [3.8, 4) is 0 Å². The summed E-state index contributed by atoms with van der Waals surface area (Å²) in [7, 11) is 3.05. The van der Waals surface area contributed by atoms with Crippen molar-refractivity contribution in [3.63, 3.8) is 0 Å². The van der Waals surface area contributed by atoms with Gasteiger partial charge >= 0.3 is 12.1 Å². The lowest BCUT2D eigenvalue weighted by molar-refractivity contribution is -0.727. The normalized spacial score (nSPS) is 16.5. The largest absolute Gasteiger partial charge is 0.465 e. The van der Waals surface area contributed by atoms with Crippen LogP contribution in [-0.2, 0) is 31.3 Å². The Hall–Kier alpha value is -3.17. The van der Waals surface area contributed by atoms with E-state index in [4.69, 9.17) is 21.1 Å². The number of pyridine rings is 1. The van der Waals surface area contributed by atoms with Gasteiger partial charge in [0.1, 0.15) is 17.6 Å². The second-order valence-electron chi connectivity index (χ2n) is 8.64. The van der Waals surface area contributed by atoms with Gasteiger partial charge in [-0.15, -0.1) is 11.6 Å². The van der Waals surface area contributed by atoms with Gasteiger partial charge in [0.2, 0.25) is 0 Å². The zero-order valence-corrected chi connectivity index (χ0v) is 23.6. The fourth-order valence-corrected chi connectivity index (χ4v) is 4.73. The number of rotatable bonds is 8. The first-order valence-electron chi connectivity index (χ1n) is 12.2. The minimum absolute atomic E-state index is 0.0776. The number of Topliss-reactive ketones (excluding diaryl/α,β-unsaturated/α-hetero) is 1. The molecule has 1 unspecified atom stereocenters. The van der Waals surface area contributed by atoms with Gasteiger partial charge in [-0.05, 0) is 38.3 Å². The van der Waals surface area contributed by atoms with E-state index in [1.165, 1.54) is 34.0 Å². The summed E-state index contributed by atoms with van der Waals surface area (Å²) in [6.07, 6.45) is 6.28. The topological polar surface area (TPSA) is 97.1 Å². The van der Waals surface area contributed by atoms with Crippen LogP contribution in [0.25, 0.3) is 0 Å². The number of alkyl halides is 1. The van der Waals surface area contributed by atoms with Crippen molar-refractivity contribution in [2.75, 3.05) is 33.6 Å². The van der Waals surface area contributed by atoms with Crippen molar-refractivity contribution in [3.05, 3.63) is 64.9 Å². The first-order chi connectivity index (χ1) is 18.2. The van der Waals surface area contributed by atoms with Crippen molar-refractivity contribution in [2.45, 2.75) is 44.9 Å². The van der Waals surface area contributed by atoms with Gasteiger partial charge in [0, 0.05) is 43.6 Å². The molecular formula is C27H34Cl2N3O6+. The van der Waals surface area contributed by atoms with Crippen LogP contribution >= 0.6 is 23.2 Å². The summed E-state index contributed by atoms with van der Waals surface area (Å²) in [4.78, 5) is 53.3. The summed E-state index contributed by atoms with van der Waals surface area (Å²) in [5, 5.41) is 0.417. The maximum atomic E-state index is 13.2. The predicted molar refractivity (Wildman–Crippen MR) is 143 cm³/mol. The van der Waals surface area contributed by atoms with E-state index < -0.39 is 17.6 Å². The third-order valence-electron chi connectivity index (χ3n) is 6.28. The minimum atomic E-state index is -1.20. The molecule has 0 radical (unpaired) electrons. The number of amides is 2. The van der Waals surface area contributed by atoms with Crippen molar-refractivity contribution in [1.82, 2.24) is 9.80 Å². The number of hydrogen-bond acceptors (Lipinski definition) is 6.